The van der Waals surface area contributed by atoms with Crippen molar-refractivity contribution in [2.24, 2.45) is 0 Å². The number of nitrogens with one attached hydrogen (secondary N) is 1. The number of hydrogen-bond acceptors (Lipinski definition) is 1. The van der Waals surface area contributed by atoms with E-state index in [0.717, 1.165) is 24.0 Å². The van der Waals surface area contributed by atoms with Crippen LogP contribution < -0.4 is 5.32 Å². The molecule has 1 nitrogen and oxygen atoms in total. The topological polar surface area (TPSA) is 12.0 Å². The maximum Gasteiger partial charge on any atom is 0.142 e. The van der Waals surface area contributed by atoms with Gasteiger partial charge in [-0.05, 0) is 36.2 Å². The van der Waals surface area contributed by atoms with Crippen LogP contribution in [0, 0.1) is 5.82 Å². The molecular weight excluding hydrogens is 273 g/mol. The van der Waals surface area contributed by atoms with Gasteiger partial charge < -0.3 is 5.32 Å². The molecular formula is C17H19ClFN. The first-order valence-electron chi connectivity index (χ1n) is 6.87. The summed E-state index contributed by atoms with van der Waals surface area (Å²) in [5.74, 6) is -0.380. The minimum absolute atomic E-state index is 0.102. The lowest BCUT2D eigenvalue weighted by Crippen LogP contribution is -2.18. The molecule has 0 fully saturated rings. The van der Waals surface area contributed by atoms with Gasteiger partial charge in [-0.2, -0.15) is 0 Å². The smallest absolute Gasteiger partial charge is 0.142 e. The zero-order valence-electron chi connectivity index (χ0n) is 11.8. The fourth-order valence-electron chi connectivity index (χ4n) is 2.46. The normalized spacial score (nSPS) is 12.4. The van der Waals surface area contributed by atoms with Gasteiger partial charge in [0.15, 0.2) is 0 Å². The molecule has 0 amide bonds. The number of hydrogen-bond donors (Lipinski definition) is 1. The summed E-state index contributed by atoms with van der Waals surface area (Å²) in [5, 5.41) is 3.41. The SMILES string of the molecule is CCCc1cccc(C(NC)c2cccc(F)c2Cl)c1. The summed E-state index contributed by atoms with van der Waals surface area (Å²) in [5.41, 5.74) is 3.16. The average Bonchev–Trinajstić information content (AvgIpc) is 2.45. The first kappa shape index (κ1) is 15.0. The zero-order valence-corrected chi connectivity index (χ0v) is 12.5. The van der Waals surface area contributed by atoms with Crippen LogP contribution in [0.15, 0.2) is 42.5 Å². The summed E-state index contributed by atoms with van der Waals surface area (Å²) in [6.07, 6.45) is 2.15. The Bertz CT molecular complexity index is 583. The standard InChI is InChI=1S/C17H19ClFN/c1-3-6-12-7-4-8-13(11-12)17(20-2)14-9-5-10-15(19)16(14)18/h4-5,7-11,17,20H,3,6H2,1-2H3. The van der Waals surface area contributed by atoms with Gasteiger partial charge in [0, 0.05) is 0 Å². The molecule has 0 aliphatic rings. The van der Waals surface area contributed by atoms with Crippen molar-refractivity contribution < 1.29 is 4.39 Å². The van der Waals surface area contributed by atoms with Crippen molar-refractivity contribution in [2.45, 2.75) is 25.8 Å². The number of aryl methyl sites for hydroxylation is 1. The molecule has 2 rings (SSSR count). The molecule has 2 aromatic carbocycles. The zero-order chi connectivity index (χ0) is 14.5. The van der Waals surface area contributed by atoms with Gasteiger partial charge in [0.05, 0.1) is 11.1 Å². The second-order valence-corrected chi connectivity index (χ2v) is 5.24. The summed E-state index contributed by atoms with van der Waals surface area (Å²) in [6.45, 7) is 2.16. The Kier molecular flexibility index (Phi) is 5.16. The Morgan fingerprint density at radius 3 is 2.65 bits per heavy atom. The maximum absolute atomic E-state index is 13.6. The monoisotopic (exact) mass is 291 g/mol. The van der Waals surface area contributed by atoms with Gasteiger partial charge in [-0.25, -0.2) is 4.39 Å². The fourth-order valence-corrected chi connectivity index (χ4v) is 2.70. The molecule has 0 bridgehead atoms. The summed E-state index contributed by atoms with van der Waals surface area (Å²) in [7, 11) is 1.86. The van der Waals surface area contributed by atoms with Crippen molar-refractivity contribution in [1.82, 2.24) is 5.32 Å². The van der Waals surface area contributed by atoms with Crippen molar-refractivity contribution in [3.63, 3.8) is 0 Å². The largest absolute Gasteiger partial charge is 0.309 e. The highest BCUT2D eigenvalue weighted by molar-refractivity contribution is 6.31. The van der Waals surface area contributed by atoms with E-state index in [1.54, 1.807) is 6.07 Å². The van der Waals surface area contributed by atoms with Crippen LogP contribution in [-0.2, 0) is 6.42 Å². The predicted octanol–water partition coefficient (Wildman–Crippen LogP) is 4.74. The molecule has 0 saturated carbocycles. The Labute approximate surface area is 124 Å². The van der Waals surface area contributed by atoms with Gasteiger partial charge in [0.2, 0.25) is 0 Å². The molecule has 1 atom stereocenters. The lowest BCUT2D eigenvalue weighted by atomic mass is 9.96. The Morgan fingerprint density at radius 2 is 1.95 bits per heavy atom. The highest BCUT2D eigenvalue weighted by Gasteiger charge is 2.17. The molecule has 0 heterocycles. The average molecular weight is 292 g/mol. The van der Waals surface area contributed by atoms with Crippen molar-refractivity contribution in [3.8, 4) is 0 Å². The summed E-state index contributed by atoms with van der Waals surface area (Å²) in [4.78, 5) is 0. The van der Waals surface area contributed by atoms with E-state index in [-0.39, 0.29) is 16.9 Å². The van der Waals surface area contributed by atoms with E-state index >= 15 is 0 Å². The first-order chi connectivity index (χ1) is 9.67. The van der Waals surface area contributed by atoms with Crippen LogP contribution in [0.3, 0.4) is 0 Å². The molecule has 1 N–H and O–H groups in total. The summed E-state index contributed by atoms with van der Waals surface area (Å²) in [6, 6.07) is 13.2. The molecule has 3 heteroatoms. The van der Waals surface area contributed by atoms with E-state index in [1.807, 2.05) is 25.2 Å². The molecule has 0 spiro atoms. The lowest BCUT2D eigenvalue weighted by molar-refractivity contribution is 0.617. The van der Waals surface area contributed by atoms with Crippen LogP contribution in [0.4, 0.5) is 4.39 Å². The van der Waals surface area contributed by atoms with Crippen LogP contribution >= 0.6 is 11.6 Å². The van der Waals surface area contributed by atoms with Crippen LogP contribution in [-0.4, -0.2) is 7.05 Å². The van der Waals surface area contributed by atoms with Crippen molar-refractivity contribution in [1.29, 1.82) is 0 Å². The molecule has 20 heavy (non-hydrogen) atoms. The first-order valence-corrected chi connectivity index (χ1v) is 7.25. The van der Waals surface area contributed by atoms with Crippen molar-refractivity contribution >= 4 is 11.6 Å². The van der Waals surface area contributed by atoms with E-state index in [0.29, 0.717) is 0 Å². The second-order valence-electron chi connectivity index (χ2n) is 4.86. The number of benzene rings is 2. The van der Waals surface area contributed by atoms with Gasteiger partial charge in [-0.3, -0.25) is 0 Å². The molecule has 1 unspecified atom stereocenters. The van der Waals surface area contributed by atoms with Gasteiger partial charge >= 0.3 is 0 Å². The summed E-state index contributed by atoms with van der Waals surface area (Å²) >= 11 is 6.10. The molecule has 0 aliphatic carbocycles. The van der Waals surface area contributed by atoms with E-state index < -0.39 is 0 Å². The van der Waals surface area contributed by atoms with Crippen LogP contribution in [0.25, 0.3) is 0 Å². The third kappa shape index (κ3) is 3.20. The molecule has 0 radical (unpaired) electrons. The third-order valence-corrected chi connectivity index (χ3v) is 3.80. The van der Waals surface area contributed by atoms with Gasteiger partial charge in [-0.1, -0.05) is 61.3 Å². The second kappa shape index (κ2) is 6.87. The highest BCUT2D eigenvalue weighted by Crippen LogP contribution is 2.30. The van der Waals surface area contributed by atoms with Gasteiger partial charge in [0.25, 0.3) is 0 Å². The Balaban J connectivity index is 2.41. The molecule has 106 valence electrons. The van der Waals surface area contributed by atoms with E-state index in [2.05, 4.69) is 24.4 Å². The van der Waals surface area contributed by atoms with Crippen LogP contribution in [0.5, 0.6) is 0 Å². The molecule has 2 aromatic rings. The van der Waals surface area contributed by atoms with Gasteiger partial charge in [0.1, 0.15) is 5.82 Å². The minimum atomic E-state index is -0.380. The summed E-state index contributed by atoms with van der Waals surface area (Å²) < 4.78 is 13.6. The third-order valence-electron chi connectivity index (χ3n) is 3.40. The lowest BCUT2D eigenvalue weighted by Gasteiger charge is -2.19. The molecule has 0 saturated heterocycles. The van der Waals surface area contributed by atoms with E-state index in [9.17, 15) is 4.39 Å². The quantitative estimate of drug-likeness (QED) is 0.839. The molecule has 0 aromatic heterocycles. The number of rotatable bonds is 5. The highest BCUT2D eigenvalue weighted by atomic mass is 35.5. The Hall–Kier alpha value is -1.38. The van der Waals surface area contributed by atoms with E-state index in [4.69, 9.17) is 11.6 Å². The van der Waals surface area contributed by atoms with Gasteiger partial charge in [-0.15, -0.1) is 0 Å². The van der Waals surface area contributed by atoms with Crippen molar-refractivity contribution in [2.75, 3.05) is 7.05 Å². The fraction of sp³-hybridized carbons (Fsp3) is 0.294. The molecule has 0 aliphatic heterocycles. The van der Waals surface area contributed by atoms with Crippen molar-refractivity contribution in [3.05, 3.63) is 70.0 Å². The maximum atomic E-state index is 13.6. The van der Waals surface area contributed by atoms with Crippen LogP contribution in [0.1, 0.15) is 36.1 Å². The van der Waals surface area contributed by atoms with Crippen LogP contribution in [0.2, 0.25) is 5.02 Å². The minimum Gasteiger partial charge on any atom is -0.309 e. The Morgan fingerprint density at radius 1 is 1.20 bits per heavy atom. The van der Waals surface area contributed by atoms with E-state index in [1.165, 1.54) is 11.6 Å². The number of halogens is 2. The predicted molar refractivity (Wildman–Crippen MR) is 82.7 cm³/mol.